The highest BCUT2D eigenvalue weighted by atomic mass is 16.4. The van der Waals surface area contributed by atoms with Crippen LogP contribution < -0.4 is 10.6 Å². The molecule has 2 rings (SSSR count). The lowest BCUT2D eigenvalue weighted by atomic mass is 9.79. The van der Waals surface area contributed by atoms with Crippen LogP contribution in [0.3, 0.4) is 0 Å². The zero-order valence-electron chi connectivity index (χ0n) is 12.1. The van der Waals surface area contributed by atoms with Gasteiger partial charge in [0.2, 0.25) is 0 Å². The van der Waals surface area contributed by atoms with Gasteiger partial charge in [0, 0.05) is 6.54 Å². The Morgan fingerprint density at radius 1 is 1.10 bits per heavy atom. The molecule has 0 saturated heterocycles. The first-order valence-electron chi connectivity index (χ1n) is 7.87. The molecule has 0 radical (unpaired) electrons. The number of urea groups is 1. The normalized spacial score (nSPS) is 21.8. The van der Waals surface area contributed by atoms with E-state index in [9.17, 15) is 9.59 Å². The molecular weight excluding hydrogens is 256 g/mol. The SMILES string of the molecule is O=C(O)CC1(NC(=O)NCCC2CCC2)CCCCC1. The molecule has 0 spiro atoms. The molecular formula is C15H26N2O3. The van der Waals surface area contributed by atoms with Gasteiger partial charge in [-0.25, -0.2) is 4.79 Å². The lowest BCUT2D eigenvalue weighted by Gasteiger charge is -2.37. The maximum absolute atomic E-state index is 12.0. The van der Waals surface area contributed by atoms with Crippen molar-refractivity contribution in [2.45, 2.75) is 69.7 Å². The third-order valence-electron chi connectivity index (χ3n) is 4.74. The first-order valence-corrected chi connectivity index (χ1v) is 7.87. The Morgan fingerprint density at radius 3 is 2.35 bits per heavy atom. The van der Waals surface area contributed by atoms with E-state index in [-0.39, 0.29) is 12.5 Å². The van der Waals surface area contributed by atoms with Crippen LogP contribution in [0, 0.1) is 5.92 Å². The van der Waals surface area contributed by atoms with Crippen molar-refractivity contribution < 1.29 is 14.7 Å². The molecule has 0 atom stereocenters. The molecule has 0 aromatic rings. The van der Waals surface area contributed by atoms with Gasteiger partial charge in [-0.3, -0.25) is 4.79 Å². The summed E-state index contributed by atoms with van der Waals surface area (Å²) in [5.74, 6) is -0.0559. The predicted octanol–water partition coefficient (Wildman–Crippen LogP) is 2.65. The minimum atomic E-state index is -0.832. The number of carbonyl (C=O) groups is 2. The average Bonchev–Trinajstić information content (AvgIpc) is 2.32. The molecule has 3 N–H and O–H groups in total. The Labute approximate surface area is 120 Å². The van der Waals surface area contributed by atoms with Crippen molar-refractivity contribution in [2.75, 3.05) is 6.54 Å². The summed E-state index contributed by atoms with van der Waals surface area (Å²) < 4.78 is 0. The van der Waals surface area contributed by atoms with Crippen LogP contribution in [0.1, 0.15) is 64.2 Å². The van der Waals surface area contributed by atoms with Crippen molar-refractivity contribution in [3.8, 4) is 0 Å². The predicted molar refractivity (Wildman–Crippen MR) is 76.6 cm³/mol. The molecule has 2 amide bonds. The Balaban J connectivity index is 1.76. The van der Waals surface area contributed by atoms with E-state index in [2.05, 4.69) is 10.6 Å². The van der Waals surface area contributed by atoms with Crippen molar-refractivity contribution in [1.29, 1.82) is 0 Å². The number of carbonyl (C=O) groups excluding carboxylic acids is 1. The summed E-state index contributed by atoms with van der Waals surface area (Å²) >= 11 is 0. The van der Waals surface area contributed by atoms with E-state index in [0.29, 0.717) is 6.54 Å². The lowest BCUT2D eigenvalue weighted by molar-refractivity contribution is -0.139. The van der Waals surface area contributed by atoms with Gasteiger partial charge in [0.15, 0.2) is 0 Å². The fourth-order valence-corrected chi connectivity index (χ4v) is 3.32. The molecule has 2 aliphatic rings. The lowest BCUT2D eigenvalue weighted by Crippen LogP contribution is -2.54. The highest BCUT2D eigenvalue weighted by Crippen LogP contribution is 2.31. The average molecular weight is 282 g/mol. The van der Waals surface area contributed by atoms with Gasteiger partial charge in [-0.05, 0) is 25.2 Å². The summed E-state index contributed by atoms with van der Waals surface area (Å²) in [6.07, 6.45) is 9.63. The Hall–Kier alpha value is -1.26. The van der Waals surface area contributed by atoms with Crippen molar-refractivity contribution in [1.82, 2.24) is 10.6 Å². The fraction of sp³-hybridized carbons (Fsp3) is 0.867. The van der Waals surface area contributed by atoms with Crippen molar-refractivity contribution >= 4 is 12.0 Å². The highest BCUT2D eigenvalue weighted by molar-refractivity contribution is 5.76. The maximum Gasteiger partial charge on any atom is 0.315 e. The van der Waals surface area contributed by atoms with Gasteiger partial charge in [-0.15, -0.1) is 0 Å². The third-order valence-corrected chi connectivity index (χ3v) is 4.74. The zero-order chi connectivity index (χ0) is 14.4. The topological polar surface area (TPSA) is 78.4 Å². The van der Waals surface area contributed by atoms with Crippen molar-refractivity contribution in [3.63, 3.8) is 0 Å². The Kier molecular flexibility index (Phi) is 5.26. The first-order chi connectivity index (χ1) is 9.60. The van der Waals surface area contributed by atoms with Crippen LogP contribution in [-0.2, 0) is 4.79 Å². The molecule has 0 unspecified atom stereocenters. The molecule has 0 aromatic carbocycles. The summed E-state index contributed by atoms with van der Waals surface area (Å²) in [5, 5.41) is 14.9. The van der Waals surface area contributed by atoms with E-state index in [1.807, 2.05) is 0 Å². The maximum atomic E-state index is 12.0. The minimum Gasteiger partial charge on any atom is -0.481 e. The van der Waals surface area contributed by atoms with E-state index in [4.69, 9.17) is 5.11 Å². The van der Waals surface area contributed by atoms with Crippen LogP contribution in [0.15, 0.2) is 0 Å². The van der Waals surface area contributed by atoms with Gasteiger partial charge < -0.3 is 15.7 Å². The van der Waals surface area contributed by atoms with E-state index in [1.165, 1.54) is 19.3 Å². The first kappa shape index (κ1) is 15.1. The summed E-state index contributed by atoms with van der Waals surface area (Å²) in [5.41, 5.74) is -0.537. The molecule has 5 nitrogen and oxygen atoms in total. The van der Waals surface area contributed by atoms with E-state index >= 15 is 0 Å². The minimum absolute atomic E-state index is 0.0308. The molecule has 2 fully saturated rings. The molecule has 0 aliphatic heterocycles. The molecule has 0 heterocycles. The molecule has 20 heavy (non-hydrogen) atoms. The fourth-order valence-electron chi connectivity index (χ4n) is 3.32. The zero-order valence-corrected chi connectivity index (χ0v) is 12.1. The number of aliphatic carboxylic acids is 1. The summed E-state index contributed by atoms with van der Waals surface area (Å²) in [6.45, 7) is 0.694. The van der Waals surface area contributed by atoms with Crippen LogP contribution in [-0.4, -0.2) is 29.2 Å². The van der Waals surface area contributed by atoms with Crippen molar-refractivity contribution in [2.24, 2.45) is 5.92 Å². The number of nitrogens with one attached hydrogen (secondary N) is 2. The molecule has 114 valence electrons. The monoisotopic (exact) mass is 282 g/mol. The molecule has 2 aliphatic carbocycles. The van der Waals surface area contributed by atoms with E-state index in [1.54, 1.807) is 0 Å². The Morgan fingerprint density at radius 2 is 1.80 bits per heavy atom. The number of hydrogen-bond donors (Lipinski definition) is 3. The van der Waals surface area contributed by atoms with Gasteiger partial charge in [0.1, 0.15) is 0 Å². The van der Waals surface area contributed by atoms with Crippen LogP contribution in [0.25, 0.3) is 0 Å². The Bertz CT molecular complexity index is 347. The van der Waals surface area contributed by atoms with Gasteiger partial charge >= 0.3 is 12.0 Å². The second kappa shape index (κ2) is 6.95. The molecule has 5 heteroatoms. The number of carboxylic acid groups (broad SMARTS) is 1. The number of amides is 2. The largest absolute Gasteiger partial charge is 0.481 e. The summed E-state index contributed by atoms with van der Waals surface area (Å²) in [6, 6.07) is -0.201. The number of hydrogen-bond acceptors (Lipinski definition) is 2. The van der Waals surface area contributed by atoms with E-state index < -0.39 is 11.5 Å². The van der Waals surface area contributed by atoms with Crippen LogP contribution in [0.5, 0.6) is 0 Å². The van der Waals surface area contributed by atoms with Gasteiger partial charge in [-0.2, -0.15) is 0 Å². The third kappa shape index (κ3) is 4.39. The number of rotatable bonds is 6. The molecule has 2 saturated carbocycles. The van der Waals surface area contributed by atoms with Crippen LogP contribution in [0.4, 0.5) is 4.79 Å². The van der Waals surface area contributed by atoms with Gasteiger partial charge in [0.05, 0.1) is 12.0 Å². The quantitative estimate of drug-likeness (QED) is 0.700. The van der Waals surface area contributed by atoms with Gasteiger partial charge in [0.25, 0.3) is 0 Å². The standard InChI is InChI=1S/C15H26N2O3/c18-13(19)11-15(8-2-1-3-9-15)17-14(20)16-10-7-12-5-4-6-12/h12H,1-11H2,(H,18,19)(H2,16,17,20). The second-order valence-electron chi connectivity index (χ2n) is 6.38. The summed E-state index contributed by atoms with van der Waals surface area (Å²) in [4.78, 5) is 23.0. The smallest absolute Gasteiger partial charge is 0.315 e. The molecule has 0 aromatic heterocycles. The van der Waals surface area contributed by atoms with Crippen LogP contribution in [0.2, 0.25) is 0 Å². The van der Waals surface area contributed by atoms with E-state index in [0.717, 1.165) is 44.4 Å². The number of carboxylic acids is 1. The summed E-state index contributed by atoms with van der Waals surface area (Å²) in [7, 11) is 0. The van der Waals surface area contributed by atoms with Crippen molar-refractivity contribution in [3.05, 3.63) is 0 Å². The van der Waals surface area contributed by atoms with Gasteiger partial charge in [-0.1, -0.05) is 38.5 Å². The van der Waals surface area contributed by atoms with Crippen LogP contribution >= 0.6 is 0 Å². The highest BCUT2D eigenvalue weighted by Gasteiger charge is 2.35. The molecule has 0 bridgehead atoms. The second-order valence-corrected chi connectivity index (χ2v) is 6.38.